The van der Waals surface area contributed by atoms with Crippen LogP contribution in [0.15, 0.2) is 66.9 Å². The maximum Gasteiger partial charge on any atom is 0.415 e. The second-order valence-electron chi connectivity index (χ2n) is 10.8. The summed E-state index contributed by atoms with van der Waals surface area (Å²) >= 11 is 6.16. The van der Waals surface area contributed by atoms with Crippen molar-refractivity contribution in [2.75, 3.05) is 38.1 Å². The fourth-order valence-electron chi connectivity index (χ4n) is 5.78. The van der Waals surface area contributed by atoms with Crippen molar-refractivity contribution in [3.8, 4) is 11.8 Å². The minimum Gasteiger partial charge on any atom is -0.410 e. The summed E-state index contributed by atoms with van der Waals surface area (Å²) in [5.41, 5.74) is 0.709. The molecule has 0 bridgehead atoms. The quantitative estimate of drug-likeness (QED) is 0.400. The first kappa shape index (κ1) is 28.4. The van der Waals surface area contributed by atoms with Crippen LogP contribution in [0.5, 0.6) is 5.75 Å². The van der Waals surface area contributed by atoms with Crippen LogP contribution >= 0.6 is 11.6 Å². The van der Waals surface area contributed by atoms with Crippen LogP contribution < -0.4 is 9.64 Å². The number of halogens is 2. The van der Waals surface area contributed by atoms with E-state index in [9.17, 15) is 14.0 Å². The second-order valence-corrected chi connectivity index (χ2v) is 11.3. The predicted octanol–water partition coefficient (Wildman–Crippen LogP) is 5.48. The monoisotopic (exact) mass is 575 g/mol. The fraction of sp³-hybridized carbons (Fsp3) is 0.355. The molecule has 41 heavy (non-hydrogen) atoms. The van der Waals surface area contributed by atoms with E-state index in [-0.39, 0.29) is 23.5 Å². The number of hydrogen-bond acceptors (Lipinski definition) is 6. The highest BCUT2D eigenvalue weighted by Crippen LogP contribution is 2.41. The number of amides is 2. The number of anilines is 1. The van der Waals surface area contributed by atoms with Crippen LogP contribution in [-0.4, -0.2) is 65.5 Å². The van der Waals surface area contributed by atoms with Gasteiger partial charge in [0.2, 0.25) is 5.91 Å². The van der Waals surface area contributed by atoms with E-state index in [1.807, 2.05) is 42.2 Å². The number of pyridine rings is 1. The molecule has 0 radical (unpaired) electrons. The third-order valence-electron chi connectivity index (χ3n) is 8.35. The van der Waals surface area contributed by atoms with Crippen molar-refractivity contribution >= 4 is 29.4 Å². The number of rotatable bonds is 5. The molecule has 2 unspecified atom stereocenters. The lowest BCUT2D eigenvalue weighted by molar-refractivity contribution is -0.135. The van der Waals surface area contributed by atoms with Crippen molar-refractivity contribution in [1.29, 1.82) is 5.26 Å². The molecule has 8 nitrogen and oxygen atoms in total. The molecule has 0 spiro atoms. The molecule has 10 heteroatoms. The van der Waals surface area contributed by atoms with Gasteiger partial charge in [0.25, 0.3) is 0 Å². The summed E-state index contributed by atoms with van der Waals surface area (Å²) < 4.78 is 18.9. The third-order valence-corrected chi connectivity index (χ3v) is 8.60. The molecular formula is C31H31ClFN5O3. The molecule has 2 saturated heterocycles. The van der Waals surface area contributed by atoms with Crippen molar-refractivity contribution in [1.82, 2.24) is 14.8 Å². The average molecular weight is 576 g/mol. The Hall–Kier alpha value is -4.16. The van der Waals surface area contributed by atoms with Gasteiger partial charge in [-0.05, 0) is 73.9 Å². The smallest absolute Gasteiger partial charge is 0.410 e. The summed E-state index contributed by atoms with van der Waals surface area (Å²) in [6.45, 7) is 4.12. The molecule has 0 N–H and O–H groups in total. The SMILES string of the molecule is CN(C(=O)Oc1ccc(F)cc1)C1(C)CN(C(=O)C2CCN(c3ccc(C#N)cn3)CC2)CC1c1ccc(Cl)cc1. The van der Waals surface area contributed by atoms with Crippen molar-refractivity contribution in [2.45, 2.75) is 31.2 Å². The van der Waals surface area contributed by atoms with Crippen LogP contribution in [0.1, 0.15) is 36.8 Å². The molecule has 2 fully saturated rings. The number of likely N-dealkylation sites (N-methyl/N-ethyl adjacent to an activating group) is 1. The van der Waals surface area contributed by atoms with Gasteiger partial charge in [0.05, 0.1) is 11.1 Å². The van der Waals surface area contributed by atoms with Gasteiger partial charge in [-0.3, -0.25) is 4.79 Å². The first-order chi connectivity index (χ1) is 19.7. The summed E-state index contributed by atoms with van der Waals surface area (Å²) in [5.74, 6) is 0.362. The number of nitriles is 1. The van der Waals surface area contributed by atoms with E-state index >= 15 is 0 Å². The molecule has 5 rings (SSSR count). The number of nitrogens with zero attached hydrogens (tertiary/aromatic N) is 5. The van der Waals surface area contributed by atoms with E-state index in [1.54, 1.807) is 24.2 Å². The van der Waals surface area contributed by atoms with Gasteiger partial charge in [-0.15, -0.1) is 0 Å². The van der Waals surface area contributed by atoms with Crippen molar-refractivity contribution < 1.29 is 18.7 Å². The Balaban J connectivity index is 1.31. The molecule has 3 heterocycles. The van der Waals surface area contributed by atoms with Crippen LogP contribution in [0.4, 0.5) is 15.0 Å². The van der Waals surface area contributed by atoms with Gasteiger partial charge < -0.3 is 19.4 Å². The molecule has 3 aromatic rings. The van der Waals surface area contributed by atoms with E-state index < -0.39 is 17.4 Å². The molecule has 2 amide bonds. The van der Waals surface area contributed by atoms with Crippen molar-refractivity contribution in [3.05, 3.63) is 88.8 Å². The number of carbonyl (C=O) groups is 2. The number of benzene rings is 2. The Morgan fingerprint density at radius 1 is 1.10 bits per heavy atom. The Morgan fingerprint density at radius 2 is 1.78 bits per heavy atom. The number of piperidine rings is 1. The van der Waals surface area contributed by atoms with Gasteiger partial charge in [-0.1, -0.05) is 23.7 Å². The van der Waals surface area contributed by atoms with Gasteiger partial charge >= 0.3 is 6.09 Å². The largest absolute Gasteiger partial charge is 0.415 e. The first-order valence-electron chi connectivity index (χ1n) is 13.5. The van der Waals surface area contributed by atoms with Crippen LogP contribution in [0.25, 0.3) is 0 Å². The zero-order valence-corrected chi connectivity index (χ0v) is 23.7. The highest BCUT2D eigenvalue weighted by Gasteiger charge is 2.51. The number of hydrogen-bond donors (Lipinski definition) is 0. The highest BCUT2D eigenvalue weighted by molar-refractivity contribution is 6.30. The Labute approximate surface area is 243 Å². The molecule has 0 saturated carbocycles. The van der Waals surface area contributed by atoms with Gasteiger partial charge in [0.1, 0.15) is 23.5 Å². The lowest BCUT2D eigenvalue weighted by Gasteiger charge is -2.39. The molecule has 2 aliphatic heterocycles. The first-order valence-corrected chi connectivity index (χ1v) is 13.9. The molecule has 2 aromatic carbocycles. The summed E-state index contributed by atoms with van der Waals surface area (Å²) in [6, 6.07) is 18.4. The van der Waals surface area contributed by atoms with Gasteiger partial charge in [0.15, 0.2) is 0 Å². The summed E-state index contributed by atoms with van der Waals surface area (Å²) in [6.07, 6.45) is 2.34. The maximum atomic E-state index is 13.8. The topological polar surface area (TPSA) is 89.8 Å². The van der Waals surface area contributed by atoms with Gasteiger partial charge in [-0.25, -0.2) is 14.2 Å². The van der Waals surface area contributed by atoms with Crippen molar-refractivity contribution in [3.63, 3.8) is 0 Å². The summed E-state index contributed by atoms with van der Waals surface area (Å²) in [7, 11) is 1.67. The number of likely N-dealkylation sites (tertiary alicyclic amines) is 1. The zero-order chi connectivity index (χ0) is 29.1. The standard InChI is InChI=1S/C31H31ClFN5O3/c1-31(36(2)30(40)41-26-10-8-25(33)9-11-26)20-38(19-27(31)22-4-6-24(32)7-5-22)29(39)23-13-15-37(16-14-23)28-12-3-21(17-34)18-35-28/h3-12,18,23,27H,13-16,19-20H2,1-2H3. The minimum absolute atomic E-state index is 0.0698. The zero-order valence-electron chi connectivity index (χ0n) is 23.0. The van der Waals surface area contributed by atoms with Gasteiger partial charge in [0, 0.05) is 56.3 Å². The number of ether oxygens (including phenoxy) is 1. The molecule has 2 aliphatic rings. The molecule has 1 aromatic heterocycles. The molecular weight excluding hydrogens is 545 g/mol. The van der Waals surface area contributed by atoms with E-state index in [0.717, 1.165) is 11.4 Å². The van der Waals surface area contributed by atoms with E-state index in [4.69, 9.17) is 21.6 Å². The summed E-state index contributed by atoms with van der Waals surface area (Å²) in [5, 5.41) is 9.63. The van der Waals surface area contributed by atoms with Crippen molar-refractivity contribution in [2.24, 2.45) is 5.92 Å². The Kier molecular flexibility index (Phi) is 8.13. The Bertz CT molecular complexity index is 1440. The number of carbonyl (C=O) groups excluding carboxylic acids is 2. The average Bonchev–Trinajstić information content (AvgIpc) is 3.36. The fourth-order valence-corrected chi connectivity index (χ4v) is 5.90. The van der Waals surface area contributed by atoms with Crippen LogP contribution in [0.2, 0.25) is 5.02 Å². The van der Waals surface area contributed by atoms with Crippen LogP contribution in [0.3, 0.4) is 0 Å². The molecule has 2 atom stereocenters. The Morgan fingerprint density at radius 3 is 2.39 bits per heavy atom. The highest BCUT2D eigenvalue weighted by atomic mass is 35.5. The van der Waals surface area contributed by atoms with E-state index in [2.05, 4.69) is 16.0 Å². The normalized spacial score (nSPS) is 20.9. The third kappa shape index (κ3) is 5.98. The number of aromatic nitrogens is 1. The lowest BCUT2D eigenvalue weighted by Crippen LogP contribution is -2.53. The maximum absolute atomic E-state index is 13.8. The van der Waals surface area contributed by atoms with Gasteiger partial charge in [-0.2, -0.15) is 5.26 Å². The molecule has 0 aliphatic carbocycles. The van der Waals surface area contributed by atoms with Crippen LogP contribution in [0, 0.1) is 23.1 Å². The van der Waals surface area contributed by atoms with E-state index in [0.29, 0.717) is 49.6 Å². The second kappa shape index (κ2) is 11.8. The van der Waals surface area contributed by atoms with Crippen LogP contribution in [-0.2, 0) is 4.79 Å². The lowest BCUT2D eigenvalue weighted by atomic mass is 9.82. The predicted molar refractivity (Wildman–Crippen MR) is 153 cm³/mol. The van der Waals surface area contributed by atoms with E-state index in [1.165, 1.54) is 24.3 Å². The summed E-state index contributed by atoms with van der Waals surface area (Å²) in [4.78, 5) is 37.0. The molecule has 212 valence electrons. The minimum atomic E-state index is -0.770.